The number of hydrogen-bond acceptors (Lipinski definition) is 5. The summed E-state index contributed by atoms with van der Waals surface area (Å²) in [7, 11) is 0. The summed E-state index contributed by atoms with van der Waals surface area (Å²) in [6, 6.07) is 0. The number of unbranched alkanes of at least 4 members (excludes halogenated alkanes) is 18. The molecule has 1 saturated heterocycles. The van der Waals surface area contributed by atoms with Crippen LogP contribution in [0.1, 0.15) is 168 Å². The Balaban J connectivity index is 1.95. The van der Waals surface area contributed by atoms with Crippen LogP contribution in [0.3, 0.4) is 0 Å². The standard InChI is InChI=1S/C38H69NO4/c1-3-5-7-9-11-13-15-17-19-21-23-25-27-29-37(40)42-33-35-31-39-32-36(35)34-43-38(41)30-28-26-24-22-20-18-16-14-12-10-8-6-4-2/h13-16,35-36,39H,3-12,17-34H2,1-2H3/b15-13-,16-14-/t35-,36-/m0/s1. The molecule has 0 aromatic rings. The number of carbonyl (C=O) groups is 2. The van der Waals surface area contributed by atoms with Gasteiger partial charge in [-0.05, 0) is 64.2 Å². The maximum absolute atomic E-state index is 12.2. The van der Waals surface area contributed by atoms with E-state index >= 15 is 0 Å². The lowest BCUT2D eigenvalue weighted by molar-refractivity contribution is -0.149. The van der Waals surface area contributed by atoms with Gasteiger partial charge < -0.3 is 14.8 Å². The molecule has 1 rings (SSSR count). The summed E-state index contributed by atoms with van der Waals surface area (Å²) in [5, 5.41) is 3.37. The van der Waals surface area contributed by atoms with Crippen molar-refractivity contribution in [2.75, 3.05) is 26.3 Å². The Kier molecular flexibility index (Phi) is 27.9. The normalized spacial score (nSPS) is 16.9. The highest BCUT2D eigenvalue weighted by Crippen LogP contribution is 2.19. The maximum atomic E-state index is 12.2. The minimum absolute atomic E-state index is 0.0907. The van der Waals surface area contributed by atoms with Gasteiger partial charge in [0.2, 0.25) is 0 Å². The average Bonchev–Trinajstić information content (AvgIpc) is 3.47. The van der Waals surface area contributed by atoms with E-state index in [0.717, 1.165) is 38.8 Å². The van der Waals surface area contributed by atoms with E-state index in [-0.39, 0.29) is 23.8 Å². The number of rotatable bonds is 30. The number of allylic oxidation sites excluding steroid dienone is 4. The van der Waals surface area contributed by atoms with Gasteiger partial charge in [-0.1, -0.05) is 115 Å². The summed E-state index contributed by atoms with van der Waals surface area (Å²) in [6.45, 7) is 6.99. The highest BCUT2D eigenvalue weighted by Gasteiger charge is 2.29. The number of carbonyl (C=O) groups excluding carboxylic acids is 2. The highest BCUT2D eigenvalue weighted by atomic mass is 16.5. The lowest BCUT2D eigenvalue weighted by Crippen LogP contribution is -2.25. The van der Waals surface area contributed by atoms with Crippen LogP contribution < -0.4 is 5.32 Å². The first-order chi connectivity index (χ1) is 21.2. The van der Waals surface area contributed by atoms with Crippen LogP contribution in [-0.2, 0) is 19.1 Å². The van der Waals surface area contributed by atoms with Crippen LogP contribution in [-0.4, -0.2) is 38.2 Å². The molecule has 1 heterocycles. The summed E-state index contributed by atoms with van der Waals surface area (Å²) in [4.78, 5) is 24.5. The number of nitrogens with one attached hydrogen (secondary N) is 1. The zero-order valence-corrected chi connectivity index (χ0v) is 28.4. The summed E-state index contributed by atoms with van der Waals surface area (Å²) >= 11 is 0. The Morgan fingerprint density at radius 2 is 0.837 bits per heavy atom. The monoisotopic (exact) mass is 604 g/mol. The molecule has 0 unspecified atom stereocenters. The highest BCUT2D eigenvalue weighted by molar-refractivity contribution is 5.69. The largest absolute Gasteiger partial charge is 0.465 e. The van der Waals surface area contributed by atoms with Crippen molar-refractivity contribution in [3.05, 3.63) is 24.3 Å². The van der Waals surface area contributed by atoms with Gasteiger partial charge in [0.05, 0.1) is 13.2 Å². The Bertz CT molecular complexity index is 646. The van der Waals surface area contributed by atoms with E-state index < -0.39 is 0 Å². The number of ether oxygens (including phenoxy) is 2. The number of hydrogen-bond donors (Lipinski definition) is 1. The minimum atomic E-state index is -0.0907. The van der Waals surface area contributed by atoms with Gasteiger partial charge in [-0.2, -0.15) is 0 Å². The molecule has 5 nitrogen and oxygen atoms in total. The average molecular weight is 604 g/mol. The zero-order valence-electron chi connectivity index (χ0n) is 28.4. The van der Waals surface area contributed by atoms with E-state index in [9.17, 15) is 9.59 Å². The van der Waals surface area contributed by atoms with Crippen molar-refractivity contribution in [3.8, 4) is 0 Å². The molecule has 1 aliphatic heterocycles. The van der Waals surface area contributed by atoms with Crippen molar-refractivity contribution < 1.29 is 19.1 Å². The third-order valence-electron chi connectivity index (χ3n) is 8.68. The van der Waals surface area contributed by atoms with E-state index in [1.165, 1.54) is 116 Å². The van der Waals surface area contributed by atoms with E-state index in [1.54, 1.807) is 0 Å². The lowest BCUT2D eigenvalue weighted by Gasteiger charge is -2.18. The van der Waals surface area contributed by atoms with Crippen LogP contribution in [0.4, 0.5) is 0 Å². The molecule has 2 atom stereocenters. The van der Waals surface area contributed by atoms with Gasteiger partial charge in [0.1, 0.15) is 0 Å². The number of esters is 2. The minimum Gasteiger partial charge on any atom is -0.465 e. The SMILES string of the molecule is CCCCCC/C=C\CCCCCCCC(=O)OC[C@@H]1CNC[C@H]1COC(=O)CCCCCCC/C=C\CCCCCC. The fraction of sp³-hybridized carbons (Fsp3) is 0.842. The molecule has 1 aliphatic rings. The van der Waals surface area contributed by atoms with E-state index in [4.69, 9.17) is 9.47 Å². The first-order valence-electron chi connectivity index (χ1n) is 18.5. The first kappa shape index (κ1) is 39.4. The van der Waals surface area contributed by atoms with E-state index in [1.807, 2.05) is 0 Å². The molecule has 0 saturated carbocycles. The van der Waals surface area contributed by atoms with Crippen molar-refractivity contribution in [1.82, 2.24) is 5.32 Å². The third-order valence-corrected chi connectivity index (χ3v) is 8.68. The smallest absolute Gasteiger partial charge is 0.305 e. The predicted molar refractivity (Wildman–Crippen MR) is 182 cm³/mol. The maximum Gasteiger partial charge on any atom is 0.305 e. The second kappa shape index (κ2) is 30.4. The molecule has 250 valence electrons. The van der Waals surface area contributed by atoms with E-state index in [2.05, 4.69) is 43.5 Å². The molecule has 1 N–H and O–H groups in total. The van der Waals surface area contributed by atoms with Crippen molar-refractivity contribution in [1.29, 1.82) is 0 Å². The molecule has 0 aromatic heterocycles. The van der Waals surface area contributed by atoms with Gasteiger partial charge in [0.25, 0.3) is 0 Å². The Labute approximate surface area is 266 Å². The third kappa shape index (κ3) is 25.4. The van der Waals surface area contributed by atoms with Gasteiger partial charge in [0.15, 0.2) is 0 Å². The molecule has 0 amide bonds. The fourth-order valence-corrected chi connectivity index (χ4v) is 5.69. The summed E-state index contributed by atoms with van der Waals surface area (Å²) in [6.07, 6.45) is 37.2. The first-order valence-corrected chi connectivity index (χ1v) is 18.5. The second-order valence-electron chi connectivity index (χ2n) is 12.8. The van der Waals surface area contributed by atoms with Crippen LogP contribution >= 0.6 is 0 Å². The molecule has 5 heteroatoms. The molecule has 0 spiro atoms. The van der Waals surface area contributed by atoms with Crippen LogP contribution in [0.2, 0.25) is 0 Å². The Morgan fingerprint density at radius 1 is 0.512 bits per heavy atom. The topological polar surface area (TPSA) is 64.6 Å². The molecular formula is C38H69NO4. The lowest BCUT2D eigenvalue weighted by atomic mass is 9.98. The predicted octanol–water partition coefficient (Wildman–Crippen LogP) is 10.4. The molecule has 0 bridgehead atoms. The van der Waals surface area contributed by atoms with Gasteiger partial charge >= 0.3 is 11.9 Å². The second-order valence-corrected chi connectivity index (χ2v) is 12.8. The summed E-state index contributed by atoms with van der Waals surface area (Å²) in [5.41, 5.74) is 0. The molecular weight excluding hydrogens is 534 g/mol. The Hall–Kier alpha value is -1.62. The fourth-order valence-electron chi connectivity index (χ4n) is 5.69. The van der Waals surface area contributed by atoms with Gasteiger partial charge in [-0.3, -0.25) is 9.59 Å². The van der Waals surface area contributed by atoms with Crippen LogP contribution in [0.5, 0.6) is 0 Å². The molecule has 1 fully saturated rings. The summed E-state index contributed by atoms with van der Waals surface area (Å²) < 4.78 is 11.2. The van der Waals surface area contributed by atoms with Crippen LogP contribution in [0, 0.1) is 11.8 Å². The van der Waals surface area contributed by atoms with Crippen LogP contribution in [0.25, 0.3) is 0 Å². The Morgan fingerprint density at radius 3 is 1.21 bits per heavy atom. The van der Waals surface area contributed by atoms with Crippen LogP contribution in [0.15, 0.2) is 24.3 Å². The van der Waals surface area contributed by atoms with Gasteiger partial charge in [-0.25, -0.2) is 0 Å². The van der Waals surface area contributed by atoms with Crippen molar-refractivity contribution >= 4 is 11.9 Å². The molecule has 0 radical (unpaired) electrons. The quantitative estimate of drug-likeness (QED) is 0.0503. The van der Waals surface area contributed by atoms with E-state index in [0.29, 0.717) is 26.1 Å². The molecule has 0 aromatic carbocycles. The van der Waals surface area contributed by atoms with Crippen molar-refractivity contribution in [3.63, 3.8) is 0 Å². The van der Waals surface area contributed by atoms with Gasteiger partial charge in [-0.15, -0.1) is 0 Å². The molecule has 43 heavy (non-hydrogen) atoms. The molecule has 0 aliphatic carbocycles. The van der Waals surface area contributed by atoms with Gasteiger partial charge in [0, 0.05) is 37.8 Å². The van der Waals surface area contributed by atoms with Crippen molar-refractivity contribution in [2.24, 2.45) is 11.8 Å². The summed E-state index contributed by atoms with van der Waals surface area (Å²) in [5.74, 6) is 0.267. The zero-order chi connectivity index (χ0) is 31.1. The van der Waals surface area contributed by atoms with Crippen molar-refractivity contribution in [2.45, 2.75) is 168 Å².